The van der Waals surface area contributed by atoms with Gasteiger partial charge >= 0.3 is 5.97 Å². The van der Waals surface area contributed by atoms with Gasteiger partial charge in [-0.2, -0.15) is 10.6 Å². The normalized spacial score (nSPS) is 21.6. The molecule has 182 valence electrons. The third-order valence-corrected chi connectivity index (χ3v) is 9.10. The molecule has 34 heavy (non-hydrogen) atoms. The topological polar surface area (TPSA) is 111 Å². The number of rotatable bonds is 6. The average molecular weight is 487 g/mol. The molecule has 3 heterocycles. The Balaban J connectivity index is 1.15. The highest BCUT2D eigenvalue weighted by Crippen LogP contribution is 2.54. The van der Waals surface area contributed by atoms with E-state index in [2.05, 4.69) is 9.80 Å². The van der Waals surface area contributed by atoms with Crippen LogP contribution >= 0.6 is 10.6 Å². The molecule has 0 amide bonds. The molecule has 0 bridgehead atoms. The van der Waals surface area contributed by atoms with Crippen LogP contribution in [0.25, 0.3) is 0 Å². The summed E-state index contributed by atoms with van der Waals surface area (Å²) in [6.07, 6.45) is -0.0693. The van der Waals surface area contributed by atoms with Crippen LogP contribution in [0.4, 0.5) is 0 Å². The lowest BCUT2D eigenvalue weighted by Crippen LogP contribution is -2.48. The molecule has 0 aliphatic carbocycles. The van der Waals surface area contributed by atoms with E-state index in [-0.39, 0.29) is 18.4 Å². The monoisotopic (exact) mass is 486 g/mol. The van der Waals surface area contributed by atoms with Crippen LogP contribution in [0.3, 0.4) is 0 Å². The molecule has 3 aliphatic heterocycles. The van der Waals surface area contributed by atoms with Crippen LogP contribution in [0.15, 0.2) is 35.2 Å². The predicted molar refractivity (Wildman–Crippen MR) is 129 cm³/mol. The number of benzene rings is 2. The number of carbonyl (C=O) groups is 2. The summed E-state index contributed by atoms with van der Waals surface area (Å²) < 4.78 is 25.2. The Morgan fingerprint density at radius 1 is 1.12 bits per heavy atom. The fourth-order valence-corrected chi connectivity index (χ4v) is 6.72. The highest BCUT2D eigenvalue weighted by molar-refractivity contribution is 8.24. The number of aliphatic hydroxyl groups excluding tert-OH is 1. The molecule has 1 fully saturated rings. The summed E-state index contributed by atoms with van der Waals surface area (Å²) in [6, 6.07) is 8.75. The van der Waals surface area contributed by atoms with Gasteiger partial charge in [0.15, 0.2) is 5.78 Å². The van der Waals surface area contributed by atoms with Crippen LogP contribution in [-0.2, 0) is 17.8 Å². The fourth-order valence-electron chi connectivity index (χ4n) is 5.13. The number of hydrogen-bond donors (Lipinski definition) is 3. The zero-order chi connectivity index (χ0) is 24.0. The molecule has 9 heteroatoms. The van der Waals surface area contributed by atoms with Gasteiger partial charge in [-0.3, -0.25) is 23.7 Å². The van der Waals surface area contributed by atoms with E-state index in [1.165, 1.54) is 0 Å². The molecule has 1 atom stereocenters. The maximum atomic E-state index is 12.8. The Morgan fingerprint density at radius 3 is 2.62 bits per heavy atom. The molecular formula is C25H30N2O6S. The molecule has 3 N–H and O–H groups in total. The third kappa shape index (κ3) is 4.39. The molecule has 3 aliphatic rings. The summed E-state index contributed by atoms with van der Waals surface area (Å²) in [5.74, 6) is 0.0657. The highest BCUT2D eigenvalue weighted by atomic mass is 32.3. The third-order valence-electron chi connectivity index (χ3n) is 7.22. The number of nitrogens with zero attached hydrogens (tertiary/aromatic N) is 2. The van der Waals surface area contributed by atoms with Gasteiger partial charge in [0.05, 0.1) is 23.1 Å². The zero-order valence-corrected chi connectivity index (χ0v) is 20.0. The minimum Gasteiger partial charge on any atom is -0.457 e. The van der Waals surface area contributed by atoms with E-state index >= 15 is 0 Å². The summed E-state index contributed by atoms with van der Waals surface area (Å²) in [6.45, 7) is 5.97. The first kappa shape index (κ1) is 23.5. The van der Waals surface area contributed by atoms with Gasteiger partial charge in [-0.1, -0.05) is 6.07 Å². The number of aryl methyl sites for hydroxylation is 1. The Bertz CT molecular complexity index is 1140. The summed E-state index contributed by atoms with van der Waals surface area (Å²) in [7, 11) is -2.69. The number of hydrogen-bond acceptors (Lipinski definition) is 8. The van der Waals surface area contributed by atoms with Crippen molar-refractivity contribution in [3.63, 3.8) is 0 Å². The summed E-state index contributed by atoms with van der Waals surface area (Å²) in [4.78, 5) is 29.5. The number of ether oxygens (including phenoxy) is 1. The van der Waals surface area contributed by atoms with Crippen molar-refractivity contribution in [1.29, 1.82) is 0 Å². The first-order chi connectivity index (χ1) is 16.2. The predicted octanol–water partition coefficient (Wildman–Crippen LogP) is 2.86. The van der Waals surface area contributed by atoms with Crippen LogP contribution in [0.5, 0.6) is 0 Å². The average Bonchev–Trinajstić information content (AvgIpc) is 3.34. The molecule has 0 radical (unpaired) electrons. The molecule has 1 saturated heterocycles. The van der Waals surface area contributed by atoms with Crippen molar-refractivity contribution in [1.82, 2.24) is 9.80 Å². The van der Waals surface area contributed by atoms with Crippen molar-refractivity contribution in [2.75, 3.05) is 45.0 Å². The van der Waals surface area contributed by atoms with Gasteiger partial charge in [-0.15, -0.1) is 0 Å². The second kappa shape index (κ2) is 9.07. The van der Waals surface area contributed by atoms with Crippen molar-refractivity contribution in [2.24, 2.45) is 0 Å². The molecule has 0 saturated carbocycles. The Hall–Kier alpha value is -2.27. The Labute approximate surface area is 200 Å². The maximum absolute atomic E-state index is 12.8. The number of fused-ring (bicyclic) bond motifs is 2. The SMILES string of the molecule is Cc1c([C@@H](O)CN2CCN(CC(=O)c3ccc4c(c3)CCS4(O)O)CC2)ccc2c1COC2=O. The van der Waals surface area contributed by atoms with Gasteiger partial charge in [0.25, 0.3) is 0 Å². The molecule has 8 nitrogen and oxygen atoms in total. The van der Waals surface area contributed by atoms with E-state index in [0.717, 1.165) is 48.4 Å². The Morgan fingerprint density at radius 2 is 1.85 bits per heavy atom. The van der Waals surface area contributed by atoms with Crippen LogP contribution in [0.1, 0.15) is 49.1 Å². The van der Waals surface area contributed by atoms with E-state index < -0.39 is 16.7 Å². The zero-order valence-electron chi connectivity index (χ0n) is 19.2. The van der Waals surface area contributed by atoms with Crippen LogP contribution in [0.2, 0.25) is 0 Å². The van der Waals surface area contributed by atoms with Crippen molar-refractivity contribution < 1.29 is 28.5 Å². The molecule has 2 aromatic carbocycles. The smallest absolute Gasteiger partial charge is 0.338 e. The second-order valence-corrected chi connectivity index (χ2v) is 11.5. The fraction of sp³-hybridized carbons (Fsp3) is 0.440. The number of ketones is 1. The minimum absolute atomic E-state index is 0.0326. The van der Waals surface area contributed by atoms with Gasteiger partial charge in [0, 0.05) is 49.6 Å². The lowest BCUT2D eigenvalue weighted by Gasteiger charge is -2.35. The number of cyclic esters (lactones) is 1. The van der Waals surface area contributed by atoms with E-state index in [9.17, 15) is 23.8 Å². The van der Waals surface area contributed by atoms with E-state index in [1.54, 1.807) is 18.2 Å². The largest absolute Gasteiger partial charge is 0.457 e. The van der Waals surface area contributed by atoms with Crippen LogP contribution in [-0.4, -0.2) is 80.8 Å². The van der Waals surface area contributed by atoms with E-state index in [0.29, 0.717) is 41.3 Å². The van der Waals surface area contributed by atoms with Gasteiger partial charge in [-0.05, 0) is 54.3 Å². The number of β-amino-alcohol motifs (C(OH)–C–C–N with tert-alkyl or cyclic N) is 1. The maximum Gasteiger partial charge on any atom is 0.338 e. The van der Waals surface area contributed by atoms with E-state index in [1.807, 2.05) is 19.1 Å². The number of piperazine rings is 1. The Kier molecular flexibility index (Phi) is 6.26. The van der Waals surface area contributed by atoms with Crippen LogP contribution < -0.4 is 0 Å². The number of aliphatic hydroxyl groups is 1. The van der Waals surface area contributed by atoms with Gasteiger partial charge in [-0.25, -0.2) is 4.79 Å². The van der Waals surface area contributed by atoms with Gasteiger partial charge in [0.1, 0.15) is 6.61 Å². The van der Waals surface area contributed by atoms with Crippen molar-refractivity contribution >= 4 is 22.3 Å². The minimum atomic E-state index is -2.69. The molecule has 0 aromatic heterocycles. The first-order valence-corrected chi connectivity index (χ1v) is 13.3. The van der Waals surface area contributed by atoms with Crippen LogP contribution in [0, 0.1) is 6.92 Å². The van der Waals surface area contributed by atoms with E-state index in [4.69, 9.17) is 4.74 Å². The molecule has 0 unspecified atom stereocenters. The summed E-state index contributed by atoms with van der Waals surface area (Å²) in [5.41, 5.74) is 4.66. The molecular weight excluding hydrogens is 456 g/mol. The van der Waals surface area contributed by atoms with Gasteiger partial charge in [0.2, 0.25) is 0 Å². The standard InChI is InChI=1S/C25H30N2O6S/c1-16-19(3-4-20-21(16)15-33-25(20)30)23(29)14-27-9-7-26(8-10-27)13-22(28)17-2-5-24-18(12-17)6-11-34(24,31)32/h2-5,12,23,29,31-32H,6-11,13-15H2,1H3/t23-/m0/s1. The second-order valence-electron chi connectivity index (χ2n) is 9.34. The lowest BCUT2D eigenvalue weighted by atomic mass is 9.95. The van der Waals surface area contributed by atoms with Crippen molar-refractivity contribution in [3.05, 3.63) is 63.7 Å². The number of carbonyl (C=O) groups excluding carboxylic acids is 2. The first-order valence-electron chi connectivity index (χ1n) is 11.6. The van der Waals surface area contributed by atoms with Gasteiger partial charge < -0.3 is 9.84 Å². The quantitative estimate of drug-likeness (QED) is 0.422. The number of esters is 1. The highest BCUT2D eigenvalue weighted by Gasteiger charge is 2.29. The summed E-state index contributed by atoms with van der Waals surface area (Å²) in [5, 5.41) is 10.9. The molecule has 2 aromatic rings. The van der Waals surface area contributed by atoms with Crippen molar-refractivity contribution in [3.8, 4) is 0 Å². The molecule has 5 rings (SSSR count). The molecule has 0 spiro atoms. The lowest BCUT2D eigenvalue weighted by molar-refractivity contribution is 0.0534. The van der Waals surface area contributed by atoms with Crippen molar-refractivity contribution in [2.45, 2.75) is 31.0 Å². The summed E-state index contributed by atoms with van der Waals surface area (Å²) >= 11 is 0. The number of Topliss-reactive ketones (excluding diaryl/α,β-unsaturated/α-hetero) is 1.